The zero-order chi connectivity index (χ0) is 21.2. The van der Waals surface area contributed by atoms with Gasteiger partial charge in [-0.05, 0) is 66.0 Å². The summed E-state index contributed by atoms with van der Waals surface area (Å²) in [6, 6.07) is 0. The van der Waals surface area contributed by atoms with Crippen molar-refractivity contribution in [2.24, 2.45) is 4.99 Å². The number of halogens is 1. The Morgan fingerprint density at radius 1 is 1.13 bits per heavy atom. The van der Waals surface area contributed by atoms with Gasteiger partial charge in [0.05, 0.1) is 18.4 Å². The van der Waals surface area contributed by atoms with Crippen LogP contribution in [0.5, 0.6) is 0 Å². The lowest BCUT2D eigenvalue weighted by atomic mass is 9.99. The number of hydrogen-bond acceptors (Lipinski definition) is 5. The largest absolute Gasteiger partial charge is 0.377 e. The number of rotatable bonds is 10. The minimum atomic E-state index is -3.34. The van der Waals surface area contributed by atoms with E-state index < -0.39 is 10.0 Å². The third kappa shape index (κ3) is 10.4. The average Bonchev–Trinajstić information content (AvgIpc) is 2.72. The fourth-order valence-electron chi connectivity index (χ4n) is 3.78. The van der Waals surface area contributed by atoms with Crippen LogP contribution in [0.1, 0.15) is 59.3 Å². The molecule has 2 aliphatic rings. The van der Waals surface area contributed by atoms with E-state index in [0.29, 0.717) is 25.6 Å². The summed E-state index contributed by atoms with van der Waals surface area (Å²) in [7, 11) is -3.34. The first-order chi connectivity index (χ1) is 13.8. The quantitative estimate of drug-likeness (QED) is 0.215. The van der Waals surface area contributed by atoms with Crippen LogP contribution < -0.4 is 15.4 Å². The lowest BCUT2D eigenvalue weighted by molar-refractivity contribution is 0.0200. The first-order valence-corrected chi connectivity index (χ1v) is 12.8. The Morgan fingerprint density at radius 2 is 1.87 bits per heavy atom. The molecule has 0 aliphatic carbocycles. The maximum Gasteiger partial charge on any atom is 0.213 e. The molecule has 2 rings (SSSR count). The third-order valence-electron chi connectivity index (χ3n) is 5.65. The van der Waals surface area contributed by atoms with Crippen LogP contribution in [0.15, 0.2) is 4.99 Å². The van der Waals surface area contributed by atoms with E-state index in [1.54, 1.807) is 0 Å². The normalized spacial score (nSPS) is 21.7. The van der Waals surface area contributed by atoms with Gasteiger partial charge in [-0.25, -0.2) is 13.1 Å². The van der Waals surface area contributed by atoms with Gasteiger partial charge in [0.25, 0.3) is 0 Å². The first-order valence-electron chi connectivity index (χ1n) is 11.2. The van der Waals surface area contributed by atoms with E-state index in [-0.39, 0.29) is 41.4 Å². The number of piperidine rings is 1. The molecule has 0 radical (unpaired) electrons. The molecule has 178 valence electrons. The van der Waals surface area contributed by atoms with Crippen molar-refractivity contribution in [2.45, 2.75) is 70.9 Å². The summed E-state index contributed by atoms with van der Waals surface area (Å²) >= 11 is 0. The van der Waals surface area contributed by atoms with E-state index in [4.69, 9.17) is 9.73 Å². The predicted octanol–water partition coefficient (Wildman–Crippen LogP) is 1.91. The van der Waals surface area contributed by atoms with Crippen molar-refractivity contribution in [3.05, 3.63) is 0 Å². The van der Waals surface area contributed by atoms with Crippen molar-refractivity contribution < 1.29 is 13.2 Å². The topological polar surface area (TPSA) is 95.1 Å². The summed E-state index contributed by atoms with van der Waals surface area (Å²) in [4.78, 5) is 7.22. The third-order valence-corrected chi connectivity index (χ3v) is 7.00. The number of nitrogens with one attached hydrogen (secondary N) is 3. The van der Waals surface area contributed by atoms with Crippen molar-refractivity contribution in [3.8, 4) is 0 Å². The molecule has 30 heavy (non-hydrogen) atoms. The van der Waals surface area contributed by atoms with Crippen LogP contribution in [-0.2, 0) is 14.8 Å². The molecule has 0 amide bonds. The lowest BCUT2D eigenvalue weighted by Gasteiger charge is -2.40. The minimum absolute atomic E-state index is 0. The molecule has 8 nitrogen and oxygen atoms in total. The molecule has 0 aromatic carbocycles. The van der Waals surface area contributed by atoms with Gasteiger partial charge in [0.15, 0.2) is 5.96 Å². The fourth-order valence-corrected chi connectivity index (χ4v) is 4.73. The lowest BCUT2D eigenvalue weighted by Crippen LogP contribution is -2.50. The molecule has 0 saturated carbocycles. The number of nitrogens with zero attached hydrogens (tertiary/aromatic N) is 2. The summed E-state index contributed by atoms with van der Waals surface area (Å²) in [5, 5.41) is 6.37. The molecule has 1 atom stereocenters. The van der Waals surface area contributed by atoms with Crippen LogP contribution in [0.3, 0.4) is 0 Å². The number of sulfonamides is 1. The van der Waals surface area contributed by atoms with E-state index in [2.05, 4.69) is 34.1 Å². The monoisotopic (exact) mass is 559 g/mol. The van der Waals surface area contributed by atoms with Gasteiger partial charge < -0.3 is 15.4 Å². The second-order valence-electron chi connectivity index (χ2n) is 8.64. The standard InChI is InChI=1S/C20H41N5O3S.HI/c1-4-21-19(23-17-20(2,3)25-12-7-5-8-13-25)22-11-15-29(26,27)24-16-18-10-6-9-14-28-18;/h18,24H,4-17H2,1-3H3,(H2,21,22,23);1H. The fraction of sp³-hybridized carbons (Fsp3) is 0.950. The van der Waals surface area contributed by atoms with Crippen LogP contribution in [0, 0.1) is 0 Å². The van der Waals surface area contributed by atoms with E-state index in [0.717, 1.165) is 45.5 Å². The Kier molecular flexibility index (Phi) is 13.1. The second kappa shape index (κ2) is 14.1. The highest BCUT2D eigenvalue weighted by molar-refractivity contribution is 14.0. The van der Waals surface area contributed by atoms with Crippen LogP contribution in [0.4, 0.5) is 0 Å². The molecule has 0 bridgehead atoms. The average molecular weight is 560 g/mol. The number of hydrogen-bond donors (Lipinski definition) is 3. The molecule has 0 aromatic heterocycles. The van der Waals surface area contributed by atoms with Gasteiger partial charge in [0, 0.05) is 31.8 Å². The number of guanidine groups is 1. The number of ether oxygens (including phenoxy) is 1. The second-order valence-corrected chi connectivity index (χ2v) is 10.6. The molecule has 0 spiro atoms. The molecular weight excluding hydrogens is 517 g/mol. The van der Waals surface area contributed by atoms with Crippen molar-refractivity contribution in [1.82, 2.24) is 20.3 Å². The Bertz CT molecular complexity index is 604. The molecule has 3 N–H and O–H groups in total. The summed E-state index contributed by atoms with van der Waals surface area (Å²) in [5.41, 5.74) is -0.00357. The predicted molar refractivity (Wildman–Crippen MR) is 134 cm³/mol. The zero-order valence-electron chi connectivity index (χ0n) is 18.9. The van der Waals surface area contributed by atoms with Gasteiger partial charge in [0.2, 0.25) is 10.0 Å². The molecule has 2 aliphatic heterocycles. The van der Waals surface area contributed by atoms with Gasteiger partial charge in [-0.3, -0.25) is 9.89 Å². The summed E-state index contributed by atoms with van der Waals surface area (Å²) in [5.74, 6) is 0.683. The molecule has 10 heteroatoms. The van der Waals surface area contributed by atoms with Crippen LogP contribution >= 0.6 is 24.0 Å². The van der Waals surface area contributed by atoms with Crippen LogP contribution in [0.2, 0.25) is 0 Å². The van der Waals surface area contributed by atoms with Gasteiger partial charge in [-0.2, -0.15) is 0 Å². The number of likely N-dealkylation sites (tertiary alicyclic amines) is 1. The van der Waals surface area contributed by atoms with Crippen molar-refractivity contribution in [2.75, 3.05) is 51.6 Å². The van der Waals surface area contributed by atoms with Gasteiger partial charge in [-0.15, -0.1) is 24.0 Å². The smallest absolute Gasteiger partial charge is 0.213 e. The van der Waals surface area contributed by atoms with E-state index in [1.807, 2.05) is 6.92 Å². The van der Waals surface area contributed by atoms with Gasteiger partial charge in [-0.1, -0.05) is 6.42 Å². The van der Waals surface area contributed by atoms with E-state index in [1.165, 1.54) is 19.3 Å². The summed E-state index contributed by atoms with van der Waals surface area (Å²) in [6.45, 7) is 11.5. The van der Waals surface area contributed by atoms with Crippen LogP contribution in [0.25, 0.3) is 0 Å². The highest BCUT2D eigenvalue weighted by Crippen LogP contribution is 2.20. The maximum atomic E-state index is 12.3. The zero-order valence-corrected chi connectivity index (χ0v) is 22.1. The minimum Gasteiger partial charge on any atom is -0.377 e. The SMILES string of the molecule is CCNC(=NCC(C)(C)N1CCCCC1)NCCS(=O)(=O)NCC1CCCCO1.I. The number of aliphatic imine (C=N–C) groups is 1. The van der Waals surface area contributed by atoms with Crippen molar-refractivity contribution in [1.29, 1.82) is 0 Å². The van der Waals surface area contributed by atoms with Crippen LogP contribution in [-0.4, -0.2) is 82.5 Å². The maximum absolute atomic E-state index is 12.3. The van der Waals surface area contributed by atoms with Gasteiger partial charge >= 0.3 is 0 Å². The molecule has 2 fully saturated rings. The van der Waals surface area contributed by atoms with Crippen molar-refractivity contribution in [3.63, 3.8) is 0 Å². The molecule has 2 saturated heterocycles. The molecule has 1 unspecified atom stereocenters. The highest BCUT2D eigenvalue weighted by atomic mass is 127. The van der Waals surface area contributed by atoms with Crippen molar-refractivity contribution >= 4 is 40.0 Å². The molecular formula is C20H42IN5O3S. The van der Waals surface area contributed by atoms with E-state index >= 15 is 0 Å². The molecule has 2 heterocycles. The Balaban J connectivity index is 0.00000450. The van der Waals surface area contributed by atoms with Gasteiger partial charge in [0.1, 0.15) is 0 Å². The summed E-state index contributed by atoms with van der Waals surface area (Å²) < 4.78 is 32.8. The first kappa shape index (κ1) is 27.9. The Morgan fingerprint density at radius 3 is 2.50 bits per heavy atom. The van der Waals surface area contributed by atoms with E-state index in [9.17, 15) is 8.42 Å². The molecule has 0 aromatic rings. The summed E-state index contributed by atoms with van der Waals surface area (Å²) in [6.07, 6.45) is 6.91. The Hall–Kier alpha value is -0.170. The Labute approximate surface area is 200 Å². The highest BCUT2D eigenvalue weighted by Gasteiger charge is 2.27.